The zero-order valence-electron chi connectivity index (χ0n) is 17.1. The second kappa shape index (κ2) is 7.90. The van der Waals surface area contributed by atoms with E-state index < -0.39 is 27.1 Å². The molecule has 1 aliphatic carbocycles. The van der Waals surface area contributed by atoms with Gasteiger partial charge in [-0.15, -0.1) is 0 Å². The molecule has 4 rings (SSSR count). The van der Waals surface area contributed by atoms with Crippen molar-refractivity contribution in [2.75, 3.05) is 33.0 Å². The number of hydrogen-bond donors (Lipinski definition) is 0. The normalized spacial score (nSPS) is 25.0. The Kier molecular flexibility index (Phi) is 5.78. The first-order valence-electron chi connectivity index (χ1n) is 10.3. The van der Waals surface area contributed by atoms with Crippen LogP contribution in [0.4, 0.5) is 0 Å². The average molecular weight is 427 g/mol. The van der Waals surface area contributed by atoms with Gasteiger partial charge in [0.25, 0.3) is 10.1 Å². The van der Waals surface area contributed by atoms with E-state index in [0.717, 1.165) is 24.8 Å². The molecule has 0 N–H and O–H groups in total. The van der Waals surface area contributed by atoms with E-state index >= 15 is 0 Å². The van der Waals surface area contributed by atoms with Crippen LogP contribution in [0.5, 0.6) is 0 Å². The van der Waals surface area contributed by atoms with Crippen LogP contribution in [0.3, 0.4) is 0 Å². The first-order valence-corrected chi connectivity index (χ1v) is 11.8. The maximum atomic E-state index is 12.5. The fraction of sp³-hybridized carbons (Fsp3) is 0.714. The van der Waals surface area contributed by atoms with Crippen LogP contribution in [0, 0.1) is 12.3 Å². The highest BCUT2D eigenvalue weighted by atomic mass is 32.2. The minimum absolute atomic E-state index is 0.0813. The third kappa shape index (κ3) is 3.64. The Hall–Kier alpha value is -1.03. The summed E-state index contributed by atoms with van der Waals surface area (Å²) in [5.41, 5.74) is 0.445. The Morgan fingerprint density at radius 1 is 0.931 bits per heavy atom. The standard InChI is InChI=1S/C21H30O7S/c1-17-5-7-18(8-6-17)29(22,23)28-12-4-9-19(2)20(24-13-14-25-20)10-3-11-21(19)26-15-16-27-21/h5-8H,3-4,9-16H2,1-2H3. The molecule has 3 aliphatic rings. The summed E-state index contributed by atoms with van der Waals surface area (Å²) in [5, 5.41) is 0. The summed E-state index contributed by atoms with van der Waals surface area (Å²) < 4.78 is 54.7. The van der Waals surface area contributed by atoms with Crippen LogP contribution >= 0.6 is 0 Å². The molecule has 3 fully saturated rings. The Morgan fingerprint density at radius 3 is 1.97 bits per heavy atom. The van der Waals surface area contributed by atoms with Crippen molar-refractivity contribution in [3.8, 4) is 0 Å². The van der Waals surface area contributed by atoms with Crippen molar-refractivity contribution in [3.63, 3.8) is 0 Å². The lowest BCUT2D eigenvalue weighted by atomic mass is 9.63. The molecular formula is C21H30O7S. The van der Waals surface area contributed by atoms with Gasteiger partial charge in [0.15, 0.2) is 11.6 Å². The summed E-state index contributed by atoms with van der Waals surface area (Å²) in [6.45, 7) is 6.26. The molecule has 2 heterocycles. The second-order valence-corrected chi connectivity index (χ2v) is 9.89. The molecule has 2 spiro atoms. The van der Waals surface area contributed by atoms with Crippen molar-refractivity contribution in [2.24, 2.45) is 5.41 Å². The van der Waals surface area contributed by atoms with Crippen LogP contribution in [0.1, 0.15) is 44.6 Å². The fourth-order valence-corrected chi connectivity index (χ4v) is 5.92. The van der Waals surface area contributed by atoms with Crippen molar-refractivity contribution < 1.29 is 31.5 Å². The van der Waals surface area contributed by atoms with E-state index in [1.165, 1.54) is 0 Å². The zero-order valence-corrected chi connectivity index (χ0v) is 18.0. The molecule has 0 atom stereocenters. The molecule has 0 bridgehead atoms. The highest BCUT2D eigenvalue weighted by Gasteiger charge is 2.67. The molecule has 1 aromatic carbocycles. The Labute approximate surface area is 172 Å². The van der Waals surface area contributed by atoms with E-state index in [0.29, 0.717) is 39.3 Å². The van der Waals surface area contributed by atoms with Crippen molar-refractivity contribution in [2.45, 2.75) is 62.4 Å². The molecule has 2 aliphatic heterocycles. The highest BCUT2D eigenvalue weighted by Crippen LogP contribution is 2.59. The van der Waals surface area contributed by atoms with Gasteiger partial charge in [0.2, 0.25) is 0 Å². The fourth-order valence-electron chi connectivity index (χ4n) is 4.98. The molecule has 0 radical (unpaired) electrons. The topological polar surface area (TPSA) is 80.3 Å². The van der Waals surface area contributed by atoms with Crippen LogP contribution in [0.15, 0.2) is 29.2 Å². The smallest absolute Gasteiger partial charge is 0.296 e. The van der Waals surface area contributed by atoms with E-state index in [9.17, 15) is 8.42 Å². The molecule has 1 saturated carbocycles. The van der Waals surface area contributed by atoms with Gasteiger partial charge >= 0.3 is 0 Å². The predicted octanol–water partition coefficient (Wildman–Crippen LogP) is 3.16. The van der Waals surface area contributed by atoms with Crippen LogP contribution in [-0.2, 0) is 33.2 Å². The van der Waals surface area contributed by atoms with Crippen LogP contribution in [-0.4, -0.2) is 53.0 Å². The monoisotopic (exact) mass is 426 g/mol. The predicted molar refractivity (Wildman–Crippen MR) is 105 cm³/mol. The zero-order chi connectivity index (χ0) is 20.6. The van der Waals surface area contributed by atoms with Gasteiger partial charge in [-0.1, -0.05) is 17.7 Å². The summed E-state index contributed by atoms with van der Waals surface area (Å²) in [6.07, 6.45) is 3.58. The van der Waals surface area contributed by atoms with Gasteiger partial charge < -0.3 is 18.9 Å². The second-order valence-electron chi connectivity index (χ2n) is 8.28. The van der Waals surface area contributed by atoms with Gasteiger partial charge in [0.05, 0.1) is 43.3 Å². The van der Waals surface area contributed by atoms with E-state index in [2.05, 4.69) is 6.92 Å². The Bertz CT molecular complexity index is 782. The molecule has 29 heavy (non-hydrogen) atoms. The summed E-state index contributed by atoms with van der Waals surface area (Å²) in [5.74, 6) is -1.52. The highest BCUT2D eigenvalue weighted by molar-refractivity contribution is 7.86. The van der Waals surface area contributed by atoms with Crippen LogP contribution < -0.4 is 0 Å². The maximum absolute atomic E-state index is 12.5. The lowest BCUT2D eigenvalue weighted by Gasteiger charge is -2.56. The lowest BCUT2D eigenvalue weighted by Crippen LogP contribution is -2.64. The molecule has 8 heteroatoms. The van der Waals surface area contributed by atoms with Gasteiger partial charge in [-0.25, -0.2) is 0 Å². The molecule has 0 amide bonds. The number of hydrogen-bond acceptors (Lipinski definition) is 7. The number of aryl methyl sites for hydroxylation is 1. The molecular weight excluding hydrogens is 396 g/mol. The van der Waals surface area contributed by atoms with E-state index in [-0.39, 0.29) is 11.5 Å². The van der Waals surface area contributed by atoms with Crippen molar-refractivity contribution in [3.05, 3.63) is 29.8 Å². The van der Waals surface area contributed by atoms with Gasteiger partial charge in [0.1, 0.15) is 0 Å². The molecule has 162 valence electrons. The summed E-state index contributed by atoms with van der Waals surface area (Å²) >= 11 is 0. The van der Waals surface area contributed by atoms with Gasteiger partial charge in [-0.3, -0.25) is 4.18 Å². The van der Waals surface area contributed by atoms with Crippen molar-refractivity contribution in [1.29, 1.82) is 0 Å². The maximum Gasteiger partial charge on any atom is 0.296 e. The van der Waals surface area contributed by atoms with Crippen molar-refractivity contribution in [1.82, 2.24) is 0 Å². The van der Waals surface area contributed by atoms with Crippen LogP contribution in [0.2, 0.25) is 0 Å². The summed E-state index contributed by atoms with van der Waals surface area (Å²) in [4.78, 5) is 0.171. The van der Waals surface area contributed by atoms with Gasteiger partial charge in [-0.05, 0) is 45.2 Å². The minimum atomic E-state index is -3.78. The molecule has 2 saturated heterocycles. The first kappa shape index (κ1) is 21.2. The minimum Gasteiger partial charge on any atom is -0.347 e. The summed E-state index contributed by atoms with van der Waals surface area (Å²) in [7, 11) is -3.78. The number of benzene rings is 1. The SMILES string of the molecule is Cc1ccc(S(=O)(=O)OCCCC2(C)C3(CCCC24OCCO4)OCCO3)cc1. The van der Waals surface area contributed by atoms with Crippen molar-refractivity contribution >= 4 is 10.1 Å². The molecule has 0 aromatic heterocycles. The third-order valence-corrected chi connectivity index (χ3v) is 7.90. The molecule has 1 aromatic rings. The summed E-state index contributed by atoms with van der Waals surface area (Å²) in [6, 6.07) is 6.65. The first-order chi connectivity index (χ1) is 13.8. The number of ether oxygens (including phenoxy) is 4. The Balaban J connectivity index is 1.45. The van der Waals surface area contributed by atoms with Gasteiger partial charge in [0, 0.05) is 12.8 Å². The van der Waals surface area contributed by atoms with E-state index in [1.807, 2.05) is 6.92 Å². The van der Waals surface area contributed by atoms with Gasteiger partial charge in [-0.2, -0.15) is 8.42 Å². The largest absolute Gasteiger partial charge is 0.347 e. The molecule has 0 unspecified atom stereocenters. The number of rotatable bonds is 6. The lowest BCUT2D eigenvalue weighted by molar-refractivity contribution is -0.364. The van der Waals surface area contributed by atoms with E-state index in [1.54, 1.807) is 24.3 Å². The molecule has 7 nitrogen and oxygen atoms in total. The quantitative estimate of drug-likeness (QED) is 0.511. The third-order valence-electron chi connectivity index (χ3n) is 6.57. The average Bonchev–Trinajstić information content (AvgIpc) is 3.36. The van der Waals surface area contributed by atoms with E-state index in [4.69, 9.17) is 23.1 Å². The Morgan fingerprint density at radius 2 is 1.45 bits per heavy atom. The van der Waals surface area contributed by atoms with Crippen LogP contribution in [0.25, 0.3) is 0 Å².